The molecule has 1 aliphatic carbocycles. The average molecular weight is 228 g/mol. The van der Waals surface area contributed by atoms with Crippen molar-refractivity contribution in [3.63, 3.8) is 0 Å². The molecule has 0 N–H and O–H groups in total. The lowest BCUT2D eigenvalue weighted by Crippen LogP contribution is -2.47. The molecule has 1 fully saturated rings. The third-order valence-corrected chi connectivity index (χ3v) is 4.57. The van der Waals surface area contributed by atoms with E-state index in [1.807, 2.05) is 0 Å². The van der Waals surface area contributed by atoms with Crippen molar-refractivity contribution in [2.75, 3.05) is 0 Å². The first-order valence-corrected chi connectivity index (χ1v) is 5.95. The Balaban J connectivity index is 2.04. The number of Topliss-reactive ketones (excluding diaryl/α,β-unsaturated/α-hetero) is 2. The summed E-state index contributed by atoms with van der Waals surface area (Å²) in [5.74, 6) is -2.24. The number of fused-ring (bicyclic) bond motifs is 2. The summed E-state index contributed by atoms with van der Waals surface area (Å²) in [6.45, 7) is 0. The first-order chi connectivity index (χ1) is 8.43. The second-order valence-corrected chi connectivity index (χ2v) is 5.23. The van der Waals surface area contributed by atoms with Crippen LogP contribution in [-0.2, 0) is 9.59 Å². The van der Waals surface area contributed by atoms with Crippen LogP contribution in [0.2, 0.25) is 0 Å². The molecule has 0 aromatic carbocycles. The van der Waals surface area contributed by atoms with Gasteiger partial charge in [0.15, 0.2) is 11.6 Å². The van der Waals surface area contributed by atoms with E-state index < -0.39 is 22.3 Å². The molecule has 72 valence electrons. The molecule has 0 aromatic rings. The van der Waals surface area contributed by atoms with E-state index in [0.717, 1.165) is 23.5 Å². The van der Waals surface area contributed by atoms with Gasteiger partial charge >= 0.3 is 0 Å². The van der Waals surface area contributed by atoms with E-state index in [1.165, 1.54) is 0 Å². The monoisotopic (exact) mass is 228 g/mol. The summed E-state index contributed by atoms with van der Waals surface area (Å²) in [4.78, 5) is 24.5. The minimum atomic E-state index is -0.845. The molecule has 0 radical (unpaired) electrons. The summed E-state index contributed by atoms with van der Waals surface area (Å²) in [7, 11) is 0. The quantitative estimate of drug-likeness (QED) is 0.631. The van der Waals surface area contributed by atoms with Gasteiger partial charge in [-0.25, -0.2) is 0 Å². The fourth-order valence-corrected chi connectivity index (χ4v) is 3.69. The zero-order valence-corrected chi connectivity index (χ0v) is 8.58. The molecule has 14 heavy (non-hydrogen) atoms. The largest absolute Gasteiger partial charge is 0.298 e. The van der Waals surface area contributed by atoms with E-state index in [2.05, 4.69) is 0 Å². The number of carbonyl (C=O) groups is 2. The van der Waals surface area contributed by atoms with Crippen molar-refractivity contribution < 1.29 is 15.1 Å². The molecular formula is C10H8O2S2. The predicted octanol–water partition coefficient (Wildman–Crippen LogP) is 1.63. The van der Waals surface area contributed by atoms with E-state index in [4.69, 9.17) is 5.48 Å². The Morgan fingerprint density at radius 2 is 1.43 bits per heavy atom. The fraction of sp³-hybridized carbons (Fsp3) is 0.400. The van der Waals surface area contributed by atoms with Crippen molar-refractivity contribution in [3.8, 4) is 0 Å². The Kier molecular flexibility index (Phi) is 1.19. The van der Waals surface area contributed by atoms with Gasteiger partial charge in [0.1, 0.15) is 0 Å². The van der Waals surface area contributed by atoms with Gasteiger partial charge < -0.3 is 0 Å². The van der Waals surface area contributed by atoms with Crippen molar-refractivity contribution in [1.29, 1.82) is 0 Å². The summed E-state index contributed by atoms with van der Waals surface area (Å²) in [5.41, 5.74) is 0. The molecular weight excluding hydrogens is 216 g/mol. The SMILES string of the molecule is [2H]C1=C([2H])C2C(=O)C3SC([2H])=C([2H])C3C(=O)C2S1. The zero-order chi connectivity index (χ0) is 13.2. The summed E-state index contributed by atoms with van der Waals surface area (Å²) in [6.07, 6.45) is 0. The normalized spacial score (nSPS) is 51.1. The van der Waals surface area contributed by atoms with Crippen LogP contribution >= 0.6 is 23.5 Å². The van der Waals surface area contributed by atoms with Gasteiger partial charge in [-0.3, -0.25) is 9.59 Å². The fourth-order valence-electron chi connectivity index (χ4n) is 1.85. The lowest BCUT2D eigenvalue weighted by atomic mass is 9.79. The van der Waals surface area contributed by atoms with E-state index in [-0.39, 0.29) is 34.4 Å². The molecule has 0 amide bonds. The van der Waals surface area contributed by atoms with Crippen LogP contribution in [0.5, 0.6) is 0 Å². The maximum Gasteiger partial charge on any atom is 0.155 e. The van der Waals surface area contributed by atoms with Crippen molar-refractivity contribution in [1.82, 2.24) is 0 Å². The summed E-state index contributed by atoms with van der Waals surface area (Å²) in [6, 6.07) is -0.181. The van der Waals surface area contributed by atoms with Crippen LogP contribution in [0.3, 0.4) is 0 Å². The molecule has 3 aliphatic rings. The number of hydrogen-bond donors (Lipinski definition) is 0. The smallest absolute Gasteiger partial charge is 0.155 e. The van der Waals surface area contributed by atoms with Crippen LogP contribution in [0.25, 0.3) is 0 Å². The van der Waals surface area contributed by atoms with Gasteiger partial charge in [-0.05, 0) is 10.8 Å². The van der Waals surface area contributed by atoms with Crippen LogP contribution in [-0.4, -0.2) is 22.1 Å². The van der Waals surface area contributed by atoms with Crippen molar-refractivity contribution in [2.24, 2.45) is 11.8 Å². The first-order valence-electron chi connectivity index (χ1n) is 6.19. The van der Waals surface area contributed by atoms with Gasteiger partial charge in [0.05, 0.1) is 27.8 Å². The van der Waals surface area contributed by atoms with Crippen LogP contribution in [0, 0.1) is 11.8 Å². The second-order valence-electron chi connectivity index (χ2n) is 3.33. The first kappa shape index (κ1) is 5.56. The molecule has 2 heterocycles. The maximum absolute atomic E-state index is 12.3. The predicted molar refractivity (Wildman–Crippen MR) is 58.0 cm³/mol. The lowest BCUT2D eigenvalue weighted by molar-refractivity contribution is -0.132. The molecule has 4 atom stereocenters. The van der Waals surface area contributed by atoms with Gasteiger partial charge in [0.25, 0.3) is 0 Å². The van der Waals surface area contributed by atoms with Crippen LogP contribution < -0.4 is 0 Å². The summed E-state index contributed by atoms with van der Waals surface area (Å²) in [5, 5.41) is -1.52. The topological polar surface area (TPSA) is 34.1 Å². The lowest BCUT2D eigenvalue weighted by Gasteiger charge is -2.30. The molecule has 2 aliphatic heterocycles. The molecule has 0 bridgehead atoms. The molecule has 0 aromatic heterocycles. The Hall–Kier alpha value is -0.480. The van der Waals surface area contributed by atoms with Crippen LogP contribution in [0.1, 0.15) is 5.48 Å². The third-order valence-electron chi connectivity index (χ3n) is 2.58. The van der Waals surface area contributed by atoms with Crippen molar-refractivity contribution in [3.05, 3.63) is 22.9 Å². The molecule has 0 spiro atoms. The summed E-state index contributed by atoms with van der Waals surface area (Å²) < 4.78 is 30.5. The van der Waals surface area contributed by atoms with Crippen molar-refractivity contribution >= 4 is 35.1 Å². The highest BCUT2D eigenvalue weighted by atomic mass is 32.2. The Bertz CT molecular complexity index is 494. The van der Waals surface area contributed by atoms with E-state index in [0.29, 0.717) is 0 Å². The van der Waals surface area contributed by atoms with Gasteiger partial charge in [-0.2, -0.15) is 0 Å². The van der Waals surface area contributed by atoms with Gasteiger partial charge in [0.2, 0.25) is 0 Å². The third kappa shape index (κ3) is 1.01. The highest BCUT2D eigenvalue weighted by molar-refractivity contribution is 8.04. The number of carbonyl (C=O) groups excluding carboxylic acids is 2. The zero-order valence-electron chi connectivity index (χ0n) is 10.9. The molecule has 0 saturated heterocycles. The standard InChI is InChI=1S/C10H8O2S2/c11-7-5-1-3-13-9(5)8(12)6-2-4-14-10(6)7/h1-6,9-10H/i1D,2D,3D,4D. The van der Waals surface area contributed by atoms with Crippen LogP contribution in [0.15, 0.2) is 22.9 Å². The number of ketones is 2. The van der Waals surface area contributed by atoms with Gasteiger partial charge in [-0.15, -0.1) is 23.5 Å². The minimum absolute atomic E-state index is 0.0294. The number of hydrogen-bond acceptors (Lipinski definition) is 4. The van der Waals surface area contributed by atoms with E-state index >= 15 is 0 Å². The number of rotatable bonds is 0. The van der Waals surface area contributed by atoms with E-state index in [9.17, 15) is 9.59 Å². The Morgan fingerprint density at radius 3 is 1.86 bits per heavy atom. The van der Waals surface area contributed by atoms with Crippen LogP contribution in [0.4, 0.5) is 0 Å². The minimum Gasteiger partial charge on any atom is -0.298 e. The molecule has 4 heteroatoms. The highest BCUT2D eigenvalue weighted by Crippen LogP contribution is 2.45. The second kappa shape index (κ2) is 3.00. The molecule has 3 rings (SSSR count). The number of allylic oxidation sites excluding steroid dienone is 2. The number of thioether (sulfide) groups is 2. The molecule has 1 saturated carbocycles. The van der Waals surface area contributed by atoms with Gasteiger partial charge in [0, 0.05) is 0 Å². The maximum atomic E-state index is 12.3. The highest BCUT2D eigenvalue weighted by Gasteiger charge is 2.50. The van der Waals surface area contributed by atoms with Gasteiger partial charge in [-0.1, -0.05) is 12.1 Å². The molecule has 2 nitrogen and oxygen atoms in total. The van der Waals surface area contributed by atoms with Crippen molar-refractivity contribution in [2.45, 2.75) is 10.5 Å². The van der Waals surface area contributed by atoms with E-state index in [1.54, 1.807) is 0 Å². The Morgan fingerprint density at radius 1 is 1.00 bits per heavy atom. The summed E-state index contributed by atoms with van der Waals surface area (Å²) >= 11 is 1.87. The average Bonchev–Trinajstić information content (AvgIpc) is 2.78. The Labute approximate surface area is 95.8 Å². The molecule has 4 unspecified atom stereocenters.